The van der Waals surface area contributed by atoms with E-state index < -0.39 is 0 Å². The van der Waals surface area contributed by atoms with Crippen molar-refractivity contribution in [2.45, 2.75) is 32.2 Å². The summed E-state index contributed by atoms with van der Waals surface area (Å²) in [4.78, 5) is 10.0. The number of nitrogens with one attached hydrogen (secondary N) is 1. The topological polar surface area (TPSA) is 30.9 Å². The van der Waals surface area contributed by atoms with Crippen LogP contribution in [0.15, 0.2) is 17.1 Å². The van der Waals surface area contributed by atoms with Crippen LogP contribution in [-0.2, 0) is 0 Å². The number of halogens is 1. The van der Waals surface area contributed by atoms with Gasteiger partial charge in [0, 0.05) is 45.3 Å². The molecule has 4 nitrogen and oxygen atoms in total. The first-order valence-corrected chi connectivity index (χ1v) is 10.0. The van der Waals surface area contributed by atoms with Crippen LogP contribution in [-0.4, -0.2) is 72.6 Å². The van der Waals surface area contributed by atoms with E-state index in [0.717, 1.165) is 51.1 Å². The second-order valence-corrected chi connectivity index (χ2v) is 7.79. The molecule has 1 N–H and O–H groups in total. The summed E-state index contributed by atoms with van der Waals surface area (Å²) in [7, 11) is 0. The standard InChI is InChI=1S/C17H30N4S.HI/c1-2-18-17(19-13-15-6-11-22-12-7-15)21-10-5-16(14-21)20-8-3-4-9-20;/h3-4,15-16H,2,5-14H2,1H3,(H,18,19);1H. The van der Waals surface area contributed by atoms with E-state index in [-0.39, 0.29) is 24.0 Å². The van der Waals surface area contributed by atoms with Gasteiger partial charge in [0.2, 0.25) is 0 Å². The van der Waals surface area contributed by atoms with Crippen LogP contribution in [0.1, 0.15) is 26.2 Å². The molecule has 0 aromatic carbocycles. The summed E-state index contributed by atoms with van der Waals surface area (Å²) < 4.78 is 0. The van der Waals surface area contributed by atoms with Gasteiger partial charge < -0.3 is 10.2 Å². The number of hydrogen-bond donors (Lipinski definition) is 1. The Morgan fingerprint density at radius 2 is 1.96 bits per heavy atom. The van der Waals surface area contributed by atoms with Gasteiger partial charge in [-0.2, -0.15) is 11.8 Å². The lowest BCUT2D eigenvalue weighted by molar-refractivity contribution is 0.259. The molecule has 0 spiro atoms. The van der Waals surface area contributed by atoms with Crippen LogP contribution in [0.25, 0.3) is 0 Å². The molecule has 3 heterocycles. The van der Waals surface area contributed by atoms with Crippen molar-refractivity contribution < 1.29 is 0 Å². The number of aliphatic imine (C=N–C) groups is 1. The van der Waals surface area contributed by atoms with E-state index in [9.17, 15) is 0 Å². The largest absolute Gasteiger partial charge is 0.357 e. The molecule has 0 aromatic heterocycles. The van der Waals surface area contributed by atoms with Crippen molar-refractivity contribution in [2.24, 2.45) is 10.9 Å². The Balaban J connectivity index is 0.00000192. The SMILES string of the molecule is CCNC(=NCC1CCSCC1)N1CCC(N2CC=CC2)C1.I. The highest BCUT2D eigenvalue weighted by molar-refractivity contribution is 14.0. The Morgan fingerprint density at radius 1 is 1.22 bits per heavy atom. The highest BCUT2D eigenvalue weighted by atomic mass is 127. The van der Waals surface area contributed by atoms with Crippen LogP contribution >= 0.6 is 35.7 Å². The van der Waals surface area contributed by atoms with Crippen molar-refractivity contribution in [1.82, 2.24) is 15.1 Å². The molecule has 0 radical (unpaired) electrons. The molecule has 0 saturated carbocycles. The molecule has 3 aliphatic heterocycles. The zero-order chi connectivity index (χ0) is 15.2. The van der Waals surface area contributed by atoms with Gasteiger partial charge >= 0.3 is 0 Å². The number of likely N-dealkylation sites (tertiary alicyclic amines) is 1. The third-order valence-electron chi connectivity index (χ3n) is 5.00. The normalized spacial score (nSPS) is 26.6. The number of guanidine groups is 1. The molecule has 0 bridgehead atoms. The van der Waals surface area contributed by atoms with Crippen molar-refractivity contribution in [2.75, 3.05) is 50.8 Å². The average Bonchev–Trinajstić information content (AvgIpc) is 3.23. The molecule has 3 aliphatic rings. The smallest absolute Gasteiger partial charge is 0.193 e. The first kappa shape index (κ1) is 19.4. The molecule has 23 heavy (non-hydrogen) atoms. The molecule has 132 valence electrons. The molecular weight excluding hydrogens is 419 g/mol. The maximum absolute atomic E-state index is 4.97. The Labute approximate surface area is 162 Å². The van der Waals surface area contributed by atoms with Crippen LogP contribution in [0.3, 0.4) is 0 Å². The van der Waals surface area contributed by atoms with Gasteiger partial charge in [-0.3, -0.25) is 9.89 Å². The lowest BCUT2D eigenvalue weighted by atomic mass is 10.0. The minimum absolute atomic E-state index is 0. The van der Waals surface area contributed by atoms with Gasteiger partial charge in [-0.05, 0) is 43.6 Å². The van der Waals surface area contributed by atoms with E-state index in [2.05, 4.69) is 46.0 Å². The summed E-state index contributed by atoms with van der Waals surface area (Å²) in [6.45, 7) is 8.69. The summed E-state index contributed by atoms with van der Waals surface area (Å²) in [5.74, 6) is 4.60. The monoisotopic (exact) mass is 450 g/mol. The summed E-state index contributed by atoms with van der Waals surface area (Å²) in [6.07, 6.45) is 8.55. The van der Waals surface area contributed by atoms with Gasteiger partial charge in [-0.15, -0.1) is 24.0 Å². The molecule has 1 unspecified atom stereocenters. The Morgan fingerprint density at radius 3 is 2.65 bits per heavy atom. The Kier molecular flexibility index (Phi) is 8.54. The summed E-state index contributed by atoms with van der Waals surface area (Å²) >= 11 is 2.10. The lowest BCUT2D eigenvalue weighted by Gasteiger charge is -2.26. The van der Waals surface area contributed by atoms with Crippen LogP contribution in [0.5, 0.6) is 0 Å². The van der Waals surface area contributed by atoms with Gasteiger partial charge in [0.15, 0.2) is 5.96 Å². The average molecular weight is 450 g/mol. The van der Waals surface area contributed by atoms with Crippen molar-refractivity contribution in [3.05, 3.63) is 12.2 Å². The van der Waals surface area contributed by atoms with Crippen molar-refractivity contribution in [3.8, 4) is 0 Å². The fourth-order valence-corrected chi connectivity index (χ4v) is 4.80. The molecule has 2 saturated heterocycles. The van der Waals surface area contributed by atoms with E-state index in [1.807, 2.05) is 0 Å². The Hall–Kier alpha value is 0.0500. The van der Waals surface area contributed by atoms with E-state index >= 15 is 0 Å². The zero-order valence-corrected chi connectivity index (χ0v) is 17.4. The van der Waals surface area contributed by atoms with Crippen molar-refractivity contribution in [3.63, 3.8) is 0 Å². The quantitative estimate of drug-likeness (QED) is 0.309. The molecule has 3 rings (SSSR count). The number of thioether (sulfide) groups is 1. The van der Waals surface area contributed by atoms with Gasteiger partial charge in [0.05, 0.1) is 0 Å². The van der Waals surface area contributed by atoms with Gasteiger partial charge in [-0.1, -0.05) is 12.2 Å². The molecule has 0 amide bonds. The van der Waals surface area contributed by atoms with Crippen molar-refractivity contribution in [1.29, 1.82) is 0 Å². The first-order valence-electron chi connectivity index (χ1n) is 8.87. The van der Waals surface area contributed by atoms with Gasteiger partial charge in [-0.25, -0.2) is 0 Å². The van der Waals surface area contributed by atoms with E-state index in [0.29, 0.717) is 6.04 Å². The Bertz CT molecular complexity index is 401. The number of hydrogen-bond acceptors (Lipinski definition) is 3. The summed E-state index contributed by atoms with van der Waals surface area (Å²) in [6, 6.07) is 0.699. The zero-order valence-electron chi connectivity index (χ0n) is 14.2. The van der Waals surface area contributed by atoms with Crippen molar-refractivity contribution >= 4 is 41.7 Å². The summed E-state index contributed by atoms with van der Waals surface area (Å²) in [5.41, 5.74) is 0. The highest BCUT2D eigenvalue weighted by Crippen LogP contribution is 2.23. The number of nitrogens with zero attached hydrogens (tertiary/aromatic N) is 3. The van der Waals surface area contributed by atoms with Gasteiger partial charge in [0.25, 0.3) is 0 Å². The minimum Gasteiger partial charge on any atom is -0.357 e. The molecule has 6 heteroatoms. The molecule has 0 aliphatic carbocycles. The van der Waals surface area contributed by atoms with Crippen LogP contribution in [0.2, 0.25) is 0 Å². The fourth-order valence-electron chi connectivity index (χ4n) is 3.60. The molecule has 2 fully saturated rings. The summed E-state index contributed by atoms with van der Waals surface area (Å²) in [5, 5.41) is 3.51. The van der Waals surface area contributed by atoms with Crippen LogP contribution < -0.4 is 5.32 Å². The number of rotatable bonds is 4. The fraction of sp³-hybridized carbons (Fsp3) is 0.824. The third-order valence-corrected chi connectivity index (χ3v) is 6.05. The van der Waals surface area contributed by atoms with E-state index in [1.54, 1.807) is 0 Å². The van der Waals surface area contributed by atoms with Gasteiger partial charge in [0.1, 0.15) is 0 Å². The second-order valence-electron chi connectivity index (χ2n) is 6.56. The second kappa shape index (κ2) is 10.1. The predicted molar refractivity (Wildman–Crippen MR) is 112 cm³/mol. The maximum Gasteiger partial charge on any atom is 0.193 e. The third kappa shape index (κ3) is 5.53. The van der Waals surface area contributed by atoms with E-state index in [4.69, 9.17) is 4.99 Å². The van der Waals surface area contributed by atoms with E-state index in [1.165, 1.54) is 30.8 Å². The highest BCUT2D eigenvalue weighted by Gasteiger charge is 2.29. The maximum atomic E-state index is 4.97. The van der Waals surface area contributed by atoms with Crippen LogP contribution in [0, 0.1) is 5.92 Å². The first-order chi connectivity index (χ1) is 10.9. The molecular formula is C17H31IN4S. The lowest BCUT2D eigenvalue weighted by Crippen LogP contribution is -2.43. The minimum atomic E-state index is 0. The van der Waals surface area contributed by atoms with Crippen LogP contribution in [0.4, 0.5) is 0 Å². The molecule has 1 atom stereocenters. The molecule has 0 aromatic rings. The predicted octanol–water partition coefficient (Wildman–Crippen LogP) is 2.66.